The van der Waals surface area contributed by atoms with Crippen molar-refractivity contribution in [2.75, 3.05) is 0 Å². The number of carbonyl (C=O) groups is 1. The lowest BCUT2D eigenvalue weighted by Gasteiger charge is -2.28. The first-order chi connectivity index (χ1) is 9.94. The van der Waals surface area contributed by atoms with Crippen LogP contribution in [0, 0.1) is 17.2 Å². The van der Waals surface area contributed by atoms with Gasteiger partial charge in [-0.2, -0.15) is 5.26 Å². The van der Waals surface area contributed by atoms with Crippen LogP contribution in [0.15, 0.2) is 29.2 Å². The first-order valence-electron chi connectivity index (χ1n) is 6.69. The highest BCUT2D eigenvalue weighted by Gasteiger charge is 2.33. The van der Waals surface area contributed by atoms with E-state index in [1.165, 1.54) is 24.3 Å². The maximum absolute atomic E-state index is 12.3. The Bertz CT molecular complexity index is 661. The van der Waals surface area contributed by atoms with E-state index in [2.05, 4.69) is 4.72 Å². The fourth-order valence-corrected chi connectivity index (χ4v) is 3.85. The van der Waals surface area contributed by atoms with Crippen molar-refractivity contribution in [2.45, 2.75) is 36.6 Å². The van der Waals surface area contributed by atoms with Crippen molar-refractivity contribution in [2.24, 2.45) is 5.92 Å². The van der Waals surface area contributed by atoms with Crippen LogP contribution in [0.3, 0.4) is 0 Å². The van der Waals surface area contributed by atoms with E-state index < -0.39 is 28.0 Å². The number of hydrogen-bond acceptors (Lipinski definition) is 4. The minimum Gasteiger partial charge on any atom is -0.481 e. The highest BCUT2D eigenvalue weighted by atomic mass is 32.2. The Morgan fingerprint density at radius 3 is 2.43 bits per heavy atom. The number of carboxylic acid groups (broad SMARTS) is 1. The third kappa shape index (κ3) is 3.60. The number of nitriles is 1. The number of carboxylic acids is 1. The molecule has 0 bridgehead atoms. The van der Waals surface area contributed by atoms with Gasteiger partial charge in [0.2, 0.25) is 10.0 Å². The van der Waals surface area contributed by atoms with E-state index in [-0.39, 0.29) is 4.90 Å². The molecule has 2 rings (SSSR count). The number of benzene rings is 1. The monoisotopic (exact) mass is 308 g/mol. The van der Waals surface area contributed by atoms with Gasteiger partial charge in [-0.25, -0.2) is 13.1 Å². The molecule has 0 aromatic heterocycles. The Morgan fingerprint density at radius 1 is 1.24 bits per heavy atom. The molecule has 0 spiro atoms. The van der Waals surface area contributed by atoms with Crippen molar-refractivity contribution < 1.29 is 18.3 Å². The van der Waals surface area contributed by atoms with Crippen molar-refractivity contribution in [1.29, 1.82) is 5.26 Å². The molecule has 1 saturated carbocycles. The Hall–Kier alpha value is -1.91. The molecule has 0 radical (unpaired) electrons. The van der Waals surface area contributed by atoms with E-state index >= 15 is 0 Å². The van der Waals surface area contributed by atoms with Crippen molar-refractivity contribution in [1.82, 2.24) is 4.72 Å². The molecule has 112 valence electrons. The SMILES string of the molecule is N#Cc1ccc(S(=O)(=O)N[C@H]2CCCC[C@@H]2C(=O)O)cc1. The van der Waals surface area contributed by atoms with E-state index in [1.807, 2.05) is 6.07 Å². The summed E-state index contributed by atoms with van der Waals surface area (Å²) in [4.78, 5) is 11.2. The lowest BCUT2D eigenvalue weighted by Crippen LogP contribution is -2.44. The molecule has 7 heteroatoms. The summed E-state index contributed by atoms with van der Waals surface area (Å²) in [6, 6.07) is 6.86. The Balaban J connectivity index is 2.19. The molecule has 1 fully saturated rings. The Labute approximate surface area is 123 Å². The van der Waals surface area contributed by atoms with Gasteiger partial charge in [0, 0.05) is 6.04 Å². The quantitative estimate of drug-likeness (QED) is 0.876. The van der Waals surface area contributed by atoms with Crippen molar-refractivity contribution >= 4 is 16.0 Å². The predicted octanol–water partition coefficient (Wildman–Crippen LogP) is 1.48. The highest BCUT2D eigenvalue weighted by Crippen LogP contribution is 2.26. The van der Waals surface area contributed by atoms with Gasteiger partial charge in [0.05, 0.1) is 22.4 Å². The summed E-state index contributed by atoms with van der Waals surface area (Å²) in [6.45, 7) is 0. The molecule has 1 aliphatic rings. The van der Waals surface area contributed by atoms with Gasteiger partial charge in [0.25, 0.3) is 0 Å². The molecule has 0 aliphatic heterocycles. The van der Waals surface area contributed by atoms with Gasteiger partial charge in [-0.15, -0.1) is 0 Å². The maximum atomic E-state index is 12.3. The molecular weight excluding hydrogens is 292 g/mol. The summed E-state index contributed by atoms with van der Waals surface area (Å²) in [5.41, 5.74) is 0.370. The number of rotatable bonds is 4. The van der Waals surface area contributed by atoms with Gasteiger partial charge in [0.1, 0.15) is 0 Å². The summed E-state index contributed by atoms with van der Waals surface area (Å²) in [6.07, 6.45) is 2.61. The summed E-state index contributed by atoms with van der Waals surface area (Å²) in [7, 11) is -3.77. The number of nitrogens with zero attached hydrogens (tertiary/aromatic N) is 1. The third-order valence-electron chi connectivity index (χ3n) is 3.68. The second kappa shape index (κ2) is 6.24. The number of aliphatic carboxylic acids is 1. The van der Waals surface area contributed by atoms with Crippen molar-refractivity contribution in [3.63, 3.8) is 0 Å². The molecule has 21 heavy (non-hydrogen) atoms. The van der Waals surface area contributed by atoms with Crippen LogP contribution in [0.4, 0.5) is 0 Å². The summed E-state index contributed by atoms with van der Waals surface area (Å²) in [5.74, 6) is -1.66. The van der Waals surface area contributed by atoms with E-state index in [9.17, 15) is 18.3 Å². The van der Waals surface area contributed by atoms with Gasteiger partial charge in [-0.3, -0.25) is 4.79 Å². The molecule has 0 amide bonds. The topological polar surface area (TPSA) is 107 Å². The molecule has 0 saturated heterocycles. The Morgan fingerprint density at radius 2 is 1.86 bits per heavy atom. The molecule has 1 aromatic carbocycles. The van der Waals surface area contributed by atoms with E-state index in [1.54, 1.807) is 0 Å². The minimum atomic E-state index is -3.77. The number of hydrogen-bond donors (Lipinski definition) is 2. The lowest BCUT2D eigenvalue weighted by atomic mass is 9.85. The van der Waals surface area contributed by atoms with E-state index in [0.717, 1.165) is 12.8 Å². The molecule has 1 aliphatic carbocycles. The molecule has 2 atom stereocenters. The van der Waals surface area contributed by atoms with Gasteiger partial charge in [-0.05, 0) is 37.1 Å². The van der Waals surface area contributed by atoms with Crippen molar-refractivity contribution in [3.05, 3.63) is 29.8 Å². The zero-order valence-electron chi connectivity index (χ0n) is 11.3. The molecule has 2 N–H and O–H groups in total. The normalized spacial score (nSPS) is 22.4. The summed E-state index contributed by atoms with van der Waals surface area (Å²) >= 11 is 0. The Kier molecular flexibility index (Phi) is 4.60. The fourth-order valence-electron chi connectivity index (χ4n) is 2.54. The average Bonchev–Trinajstić information content (AvgIpc) is 2.47. The average molecular weight is 308 g/mol. The highest BCUT2D eigenvalue weighted by molar-refractivity contribution is 7.89. The van der Waals surface area contributed by atoms with Gasteiger partial charge >= 0.3 is 5.97 Å². The van der Waals surface area contributed by atoms with Crippen LogP contribution in [-0.4, -0.2) is 25.5 Å². The van der Waals surface area contributed by atoms with Crippen LogP contribution in [0.5, 0.6) is 0 Å². The molecule has 0 heterocycles. The minimum absolute atomic E-state index is 0.0382. The molecule has 1 aromatic rings. The molecular formula is C14H16N2O4S. The van der Waals surface area contributed by atoms with Gasteiger partial charge in [0.15, 0.2) is 0 Å². The first kappa shape index (κ1) is 15.5. The van der Waals surface area contributed by atoms with E-state index in [0.29, 0.717) is 18.4 Å². The first-order valence-corrected chi connectivity index (χ1v) is 8.17. The van der Waals surface area contributed by atoms with Gasteiger partial charge in [-0.1, -0.05) is 12.8 Å². The lowest BCUT2D eigenvalue weighted by molar-refractivity contribution is -0.143. The second-order valence-corrected chi connectivity index (χ2v) is 6.81. The summed E-state index contributed by atoms with van der Waals surface area (Å²) in [5, 5.41) is 17.9. The number of sulfonamides is 1. The van der Waals surface area contributed by atoms with Crippen LogP contribution in [0.25, 0.3) is 0 Å². The zero-order chi connectivity index (χ0) is 15.5. The smallest absolute Gasteiger partial charge is 0.308 e. The van der Waals surface area contributed by atoms with E-state index in [4.69, 9.17) is 5.26 Å². The molecule has 0 unspecified atom stereocenters. The third-order valence-corrected chi connectivity index (χ3v) is 5.19. The molecule has 6 nitrogen and oxygen atoms in total. The van der Waals surface area contributed by atoms with Crippen LogP contribution in [0.2, 0.25) is 0 Å². The standard InChI is InChI=1S/C14H16N2O4S/c15-9-10-5-7-11(8-6-10)21(19,20)16-13-4-2-1-3-12(13)14(17)18/h5-8,12-13,16H,1-4H2,(H,17,18)/t12-,13-/m0/s1. The van der Waals surface area contributed by atoms with Crippen LogP contribution >= 0.6 is 0 Å². The second-order valence-electron chi connectivity index (χ2n) is 5.09. The maximum Gasteiger partial charge on any atom is 0.308 e. The largest absolute Gasteiger partial charge is 0.481 e. The van der Waals surface area contributed by atoms with Crippen LogP contribution < -0.4 is 4.72 Å². The predicted molar refractivity (Wildman–Crippen MR) is 74.9 cm³/mol. The van der Waals surface area contributed by atoms with Crippen LogP contribution in [-0.2, 0) is 14.8 Å². The van der Waals surface area contributed by atoms with Gasteiger partial charge < -0.3 is 5.11 Å². The van der Waals surface area contributed by atoms with Crippen molar-refractivity contribution in [3.8, 4) is 6.07 Å². The summed E-state index contributed by atoms with van der Waals surface area (Å²) < 4.78 is 27.1. The van der Waals surface area contributed by atoms with Crippen LogP contribution in [0.1, 0.15) is 31.2 Å². The number of nitrogens with one attached hydrogen (secondary N) is 1. The zero-order valence-corrected chi connectivity index (χ0v) is 12.1. The fraction of sp³-hybridized carbons (Fsp3) is 0.429.